The number of carbonyl (C=O) groups excluding carboxylic acids is 1. The van der Waals surface area contributed by atoms with Gasteiger partial charge in [-0.2, -0.15) is 13.2 Å². The van der Waals surface area contributed by atoms with Crippen molar-refractivity contribution in [1.29, 1.82) is 0 Å². The van der Waals surface area contributed by atoms with E-state index in [9.17, 15) is 18.0 Å². The summed E-state index contributed by atoms with van der Waals surface area (Å²) in [6.45, 7) is 4.46. The molecule has 0 atom stereocenters. The minimum absolute atomic E-state index is 0.0182. The summed E-state index contributed by atoms with van der Waals surface area (Å²) in [5.41, 5.74) is 0. The van der Waals surface area contributed by atoms with E-state index in [4.69, 9.17) is 0 Å². The van der Waals surface area contributed by atoms with E-state index < -0.39 is 12.7 Å². The van der Waals surface area contributed by atoms with Crippen molar-refractivity contribution < 1.29 is 18.0 Å². The Kier molecular flexibility index (Phi) is 5.44. The number of nitrogens with zero attached hydrogens (tertiary/aromatic N) is 1. The number of hydrogen-bond acceptors (Lipinski definition) is 2. The lowest BCUT2D eigenvalue weighted by molar-refractivity contribution is -0.149. The number of carbonyl (C=O) groups is 1. The molecule has 0 spiro atoms. The zero-order chi connectivity index (χ0) is 13.8. The fourth-order valence-corrected chi connectivity index (χ4v) is 2.06. The van der Waals surface area contributed by atoms with E-state index in [0.717, 1.165) is 0 Å². The molecule has 3 nitrogen and oxygen atoms in total. The molecule has 1 saturated heterocycles. The molecule has 106 valence electrons. The Morgan fingerprint density at radius 2 is 1.89 bits per heavy atom. The van der Waals surface area contributed by atoms with Gasteiger partial charge in [-0.1, -0.05) is 13.8 Å². The summed E-state index contributed by atoms with van der Waals surface area (Å²) in [7, 11) is 0. The summed E-state index contributed by atoms with van der Waals surface area (Å²) in [6, 6.07) is 0. The fraction of sp³-hybridized carbons (Fsp3) is 0.917. The molecule has 0 aromatic rings. The van der Waals surface area contributed by atoms with Crippen LogP contribution >= 0.6 is 0 Å². The summed E-state index contributed by atoms with van der Waals surface area (Å²) >= 11 is 0. The van der Waals surface area contributed by atoms with Gasteiger partial charge in [-0.3, -0.25) is 9.69 Å². The van der Waals surface area contributed by atoms with Crippen LogP contribution in [0.4, 0.5) is 13.2 Å². The van der Waals surface area contributed by atoms with E-state index in [1.807, 2.05) is 13.8 Å². The minimum atomic E-state index is -4.15. The molecule has 0 radical (unpaired) electrons. The lowest BCUT2D eigenvalue weighted by Gasteiger charge is -2.31. The van der Waals surface area contributed by atoms with Gasteiger partial charge in [0.15, 0.2) is 0 Å². The number of piperidine rings is 1. The van der Waals surface area contributed by atoms with Crippen molar-refractivity contribution in [3.63, 3.8) is 0 Å². The van der Waals surface area contributed by atoms with Gasteiger partial charge in [-0.15, -0.1) is 0 Å². The summed E-state index contributed by atoms with van der Waals surface area (Å²) < 4.78 is 36.6. The third-order valence-corrected chi connectivity index (χ3v) is 3.05. The topological polar surface area (TPSA) is 32.3 Å². The van der Waals surface area contributed by atoms with Crippen molar-refractivity contribution in [2.75, 3.05) is 26.2 Å². The predicted octanol–water partition coefficient (Wildman–Crippen LogP) is 2.03. The molecular weight excluding hydrogens is 245 g/mol. The third kappa shape index (κ3) is 5.71. The summed E-state index contributed by atoms with van der Waals surface area (Å²) in [4.78, 5) is 13.1. The van der Waals surface area contributed by atoms with Crippen molar-refractivity contribution in [1.82, 2.24) is 10.2 Å². The molecule has 1 rings (SSSR count). The maximum absolute atomic E-state index is 12.2. The second kappa shape index (κ2) is 6.41. The average Bonchev–Trinajstić information content (AvgIpc) is 2.24. The van der Waals surface area contributed by atoms with Gasteiger partial charge < -0.3 is 5.32 Å². The molecule has 1 amide bonds. The van der Waals surface area contributed by atoms with E-state index in [-0.39, 0.29) is 11.8 Å². The molecule has 1 fully saturated rings. The van der Waals surface area contributed by atoms with Gasteiger partial charge >= 0.3 is 6.18 Å². The van der Waals surface area contributed by atoms with Crippen molar-refractivity contribution in [2.45, 2.75) is 32.9 Å². The van der Waals surface area contributed by atoms with E-state index in [0.29, 0.717) is 38.4 Å². The molecule has 0 aliphatic carbocycles. The zero-order valence-corrected chi connectivity index (χ0v) is 10.9. The van der Waals surface area contributed by atoms with Gasteiger partial charge in [-0.25, -0.2) is 0 Å². The zero-order valence-electron chi connectivity index (χ0n) is 10.9. The van der Waals surface area contributed by atoms with Crippen LogP contribution in [0.1, 0.15) is 26.7 Å². The standard InChI is InChI=1S/C12H21F3N2O/c1-9(2)7-16-11(18)10-3-5-17(6-4-10)8-12(13,14)15/h9-10H,3-8H2,1-2H3,(H,16,18). The molecule has 0 saturated carbocycles. The maximum atomic E-state index is 12.2. The largest absolute Gasteiger partial charge is 0.401 e. The first-order valence-corrected chi connectivity index (χ1v) is 6.34. The Hall–Kier alpha value is -0.780. The molecule has 0 unspecified atom stereocenters. The van der Waals surface area contributed by atoms with Crippen molar-refractivity contribution in [2.24, 2.45) is 11.8 Å². The monoisotopic (exact) mass is 266 g/mol. The van der Waals surface area contributed by atoms with E-state index in [1.54, 1.807) is 0 Å². The highest BCUT2D eigenvalue weighted by atomic mass is 19.4. The predicted molar refractivity (Wildman–Crippen MR) is 63.1 cm³/mol. The van der Waals surface area contributed by atoms with E-state index >= 15 is 0 Å². The molecule has 0 bridgehead atoms. The molecule has 18 heavy (non-hydrogen) atoms. The van der Waals surface area contributed by atoms with Gasteiger partial charge in [0.25, 0.3) is 0 Å². The van der Waals surface area contributed by atoms with Gasteiger partial charge in [-0.05, 0) is 31.8 Å². The highest BCUT2D eigenvalue weighted by molar-refractivity contribution is 5.78. The van der Waals surface area contributed by atoms with E-state index in [1.165, 1.54) is 4.90 Å². The average molecular weight is 266 g/mol. The van der Waals surface area contributed by atoms with Crippen molar-refractivity contribution >= 4 is 5.91 Å². The van der Waals surface area contributed by atoms with Crippen LogP contribution in [0.3, 0.4) is 0 Å². The Labute approximate surface area is 106 Å². The molecular formula is C12H21F3N2O. The van der Waals surface area contributed by atoms with Crippen LogP contribution in [0.5, 0.6) is 0 Å². The van der Waals surface area contributed by atoms with Crippen LogP contribution in [0.15, 0.2) is 0 Å². The number of alkyl halides is 3. The van der Waals surface area contributed by atoms with Gasteiger partial charge in [0, 0.05) is 12.5 Å². The van der Waals surface area contributed by atoms with Gasteiger partial charge in [0.1, 0.15) is 0 Å². The second-order valence-corrected chi connectivity index (χ2v) is 5.30. The highest BCUT2D eigenvalue weighted by Gasteiger charge is 2.33. The molecule has 0 aromatic carbocycles. The van der Waals surface area contributed by atoms with Gasteiger partial charge in [0.05, 0.1) is 6.54 Å². The Bertz CT molecular complexity index is 271. The molecule has 1 aliphatic rings. The highest BCUT2D eigenvalue weighted by Crippen LogP contribution is 2.22. The summed E-state index contributed by atoms with van der Waals surface area (Å²) in [6.07, 6.45) is -3.12. The molecule has 0 aromatic heterocycles. The number of halogens is 3. The Balaban J connectivity index is 2.28. The van der Waals surface area contributed by atoms with E-state index in [2.05, 4.69) is 5.32 Å². The first-order valence-electron chi connectivity index (χ1n) is 6.34. The number of amides is 1. The Morgan fingerprint density at radius 3 is 2.33 bits per heavy atom. The third-order valence-electron chi connectivity index (χ3n) is 3.05. The number of hydrogen-bond donors (Lipinski definition) is 1. The Morgan fingerprint density at radius 1 is 1.33 bits per heavy atom. The van der Waals surface area contributed by atoms with Crippen LogP contribution in [0.2, 0.25) is 0 Å². The fourth-order valence-electron chi connectivity index (χ4n) is 2.06. The first kappa shape index (κ1) is 15.3. The SMILES string of the molecule is CC(C)CNC(=O)C1CCN(CC(F)(F)F)CC1. The quantitative estimate of drug-likeness (QED) is 0.844. The summed E-state index contributed by atoms with van der Waals surface area (Å²) in [5.74, 6) is 0.239. The minimum Gasteiger partial charge on any atom is -0.356 e. The van der Waals surface area contributed by atoms with Crippen LogP contribution in [0, 0.1) is 11.8 Å². The summed E-state index contributed by atoms with van der Waals surface area (Å²) in [5, 5.41) is 2.84. The number of nitrogens with one attached hydrogen (secondary N) is 1. The van der Waals surface area contributed by atoms with Crippen LogP contribution in [0.25, 0.3) is 0 Å². The lowest BCUT2D eigenvalue weighted by atomic mass is 9.95. The normalized spacial score (nSPS) is 19.2. The lowest BCUT2D eigenvalue weighted by Crippen LogP contribution is -2.44. The van der Waals surface area contributed by atoms with Crippen molar-refractivity contribution in [3.05, 3.63) is 0 Å². The van der Waals surface area contributed by atoms with Crippen LogP contribution in [-0.2, 0) is 4.79 Å². The molecule has 1 heterocycles. The number of rotatable bonds is 4. The second-order valence-electron chi connectivity index (χ2n) is 5.30. The van der Waals surface area contributed by atoms with Crippen LogP contribution in [-0.4, -0.2) is 43.2 Å². The maximum Gasteiger partial charge on any atom is 0.401 e. The van der Waals surface area contributed by atoms with Crippen molar-refractivity contribution in [3.8, 4) is 0 Å². The molecule has 6 heteroatoms. The smallest absolute Gasteiger partial charge is 0.356 e. The molecule has 1 N–H and O–H groups in total. The first-order chi connectivity index (χ1) is 8.28. The van der Waals surface area contributed by atoms with Crippen LogP contribution < -0.4 is 5.32 Å². The molecule has 1 aliphatic heterocycles. The van der Waals surface area contributed by atoms with Gasteiger partial charge in [0.2, 0.25) is 5.91 Å². The number of likely N-dealkylation sites (tertiary alicyclic amines) is 1.